The predicted octanol–water partition coefficient (Wildman–Crippen LogP) is 1.37. The maximum absolute atomic E-state index is 12.6. The number of aromatic nitrogens is 2. The van der Waals surface area contributed by atoms with E-state index in [1.807, 2.05) is 20.9 Å². The average Bonchev–Trinajstić information content (AvgIpc) is 3.15. The fourth-order valence-electron chi connectivity index (χ4n) is 2.88. The van der Waals surface area contributed by atoms with Crippen LogP contribution in [-0.4, -0.2) is 52.3 Å². The van der Waals surface area contributed by atoms with E-state index < -0.39 is 5.79 Å². The highest BCUT2D eigenvalue weighted by Crippen LogP contribution is 2.32. The Bertz CT molecular complexity index is 634. The molecule has 1 spiro atoms. The molecule has 20 heavy (non-hydrogen) atoms. The van der Waals surface area contributed by atoms with Gasteiger partial charge in [-0.15, -0.1) is 11.3 Å². The van der Waals surface area contributed by atoms with Crippen LogP contribution < -0.4 is 0 Å². The van der Waals surface area contributed by atoms with Crippen LogP contribution in [0.5, 0.6) is 0 Å². The highest BCUT2D eigenvalue weighted by molar-refractivity contribution is 7.15. The van der Waals surface area contributed by atoms with E-state index in [2.05, 4.69) is 4.98 Å². The molecule has 4 rings (SSSR count). The van der Waals surface area contributed by atoms with Gasteiger partial charge >= 0.3 is 0 Å². The minimum absolute atomic E-state index is 0.0575. The molecule has 2 aromatic heterocycles. The molecule has 106 valence electrons. The van der Waals surface area contributed by atoms with Crippen molar-refractivity contribution in [1.29, 1.82) is 0 Å². The molecule has 7 heteroatoms. The summed E-state index contributed by atoms with van der Waals surface area (Å²) < 4.78 is 13.2. The number of ether oxygens (including phenoxy) is 2. The van der Waals surface area contributed by atoms with E-state index in [4.69, 9.17) is 9.47 Å². The molecule has 0 saturated carbocycles. The molecule has 4 heterocycles. The number of rotatable bonds is 1. The normalized spacial score (nSPS) is 21.9. The Labute approximate surface area is 119 Å². The van der Waals surface area contributed by atoms with Gasteiger partial charge in [0, 0.05) is 43.7 Å². The number of hydrogen-bond acceptors (Lipinski definition) is 5. The van der Waals surface area contributed by atoms with Crippen LogP contribution in [-0.2, 0) is 9.47 Å². The molecular formula is C13H15N3O3S. The Hall–Kier alpha value is -1.44. The first-order valence-corrected chi connectivity index (χ1v) is 7.63. The Morgan fingerprint density at radius 1 is 1.30 bits per heavy atom. The van der Waals surface area contributed by atoms with Gasteiger partial charge in [-0.2, -0.15) is 0 Å². The molecule has 0 aliphatic carbocycles. The molecule has 6 nitrogen and oxygen atoms in total. The summed E-state index contributed by atoms with van der Waals surface area (Å²) in [6.45, 7) is 2.66. The topological polar surface area (TPSA) is 56.1 Å². The largest absolute Gasteiger partial charge is 0.347 e. The zero-order valence-corrected chi connectivity index (χ0v) is 11.8. The van der Waals surface area contributed by atoms with Gasteiger partial charge in [0.2, 0.25) is 0 Å². The van der Waals surface area contributed by atoms with Gasteiger partial charge in [-0.3, -0.25) is 9.20 Å². The average molecular weight is 293 g/mol. The van der Waals surface area contributed by atoms with Gasteiger partial charge in [-0.25, -0.2) is 4.98 Å². The Morgan fingerprint density at radius 3 is 2.80 bits per heavy atom. The lowest BCUT2D eigenvalue weighted by atomic mass is 10.0. The number of fused-ring (bicyclic) bond motifs is 1. The third kappa shape index (κ3) is 1.85. The van der Waals surface area contributed by atoms with Crippen LogP contribution >= 0.6 is 11.3 Å². The first-order valence-electron chi connectivity index (χ1n) is 6.75. The molecular weight excluding hydrogens is 278 g/mol. The van der Waals surface area contributed by atoms with Crippen LogP contribution in [0, 0.1) is 0 Å². The molecule has 0 unspecified atom stereocenters. The van der Waals surface area contributed by atoms with E-state index in [0.29, 0.717) is 32.0 Å². The molecule has 0 aromatic carbocycles. The monoisotopic (exact) mass is 293 g/mol. The molecule has 2 fully saturated rings. The van der Waals surface area contributed by atoms with Crippen LogP contribution in [0.4, 0.5) is 0 Å². The van der Waals surface area contributed by atoms with Gasteiger partial charge in [0.05, 0.1) is 13.2 Å². The van der Waals surface area contributed by atoms with Gasteiger partial charge in [0.15, 0.2) is 10.7 Å². The predicted molar refractivity (Wildman–Crippen MR) is 72.8 cm³/mol. The summed E-state index contributed by atoms with van der Waals surface area (Å²) in [7, 11) is 0. The molecule has 0 atom stereocenters. The molecule has 0 radical (unpaired) electrons. The SMILES string of the molecule is O=C(c1csc2nccn12)N1CCC2(CC1)OCCO2. The summed E-state index contributed by atoms with van der Waals surface area (Å²) >= 11 is 1.49. The Kier molecular flexibility index (Phi) is 2.80. The molecule has 2 aromatic rings. The fourth-order valence-corrected chi connectivity index (χ4v) is 3.70. The van der Waals surface area contributed by atoms with Crippen molar-refractivity contribution < 1.29 is 14.3 Å². The summed E-state index contributed by atoms with van der Waals surface area (Å²) in [4.78, 5) is 19.5. The van der Waals surface area contributed by atoms with Gasteiger partial charge in [-0.1, -0.05) is 0 Å². The smallest absolute Gasteiger partial charge is 0.271 e. The quantitative estimate of drug-likeness (QED) is 0.797. The number of piperidine rings is 1. The number of amides is 1. The second-order valence-electron chi connectivity index (χ2n) is 5.10. The fraction of sp³-hybridized carbons (Fsp3) is 0.538. The maximum atomic E-state index is 12.6. The van der Waals surface area contributed by atoms with Crippen molar-refractivity contribution in [2.24, 2.45) is 0 Å². The van der Waals surface area contributed by atoms with Crippen molar-refractivity contribution in [3.8, 4) is 0 Å². The van der Waals surface area contributed by atoms with Crippen molar-refractivity contribution in [2.45, 2.75) is 18.6 Å². The number of hydrogen-bond donors (Lipinski definition) is 0. The third-order valence-corrected chi connectivity index (χ3v) is 4.84. The number of nitrogens with zero attached hydrogens (tertiary/aromatic N) is 3. The van der Waals surface area contributed by atoms with Crippen LogP contribution in [0.15, 0.2) is 17.8 Å². The molecule has 2 aliphatic heterocycles. The molecule has 0 bridgehead atoms. The Balaban J connectivity index is 1.51. The van der Waals surface area contributed by atoms with Crippen molar-refractivity contribution >= 4 is 22.2 Å². The van der Waals surface area contributed by atoms with E-state index >= 15 is 0 Å². The van der Waals surface area contributed by atoms with Crippen LogP contribution in [0.1, 0.15) is 23.3 Å². The Morgan fingerprint density at radius 2 is 2.05 bits per heavy atom. The van der Waals surface area contributed by atoms with Crippen LogP contribution in [0.3, 0.4) is 0 Å². The first kappa shape index (κ1) is 12.3. The lowest BCUT2D eigenvalue weighted by Gasteiger charge is -2.37. The van der Waals surface area contributed by atoms with Crippen LogP contribution in [0.2, 0.25) is 0 Å². The second kappa shape index (κ2) is 4.54. The van der Waals surface area contributed by atoms with Gasteiger partial charge in [0.1, 0.15) is 5.69 Å². The first-order chi connectivity index (χ1) is 9.77. The van der Waals surface area contributed by atoms with E-state index in [-0.39, 0.29) is 5.91 Å². The number of likely N-dealkylation sites (tertiary alicyclic amines) is 1. The zero-order chi connectivity index (χ0) is 13.6. The molecule has 2 aliphatic rings. The maximum Gasteiger partial charge on any atom is 0.271 e. The van der Waals surface area contributed by atoms with E-state index in [1.165, 1.54) is 11.3 Å². The summed E-state index contributed by atoms with van der Waals surface area (Å²) in [6.07, 6.45) is 5.04. The lowest BCUT2D eigenvalue weighted by molar-refractivity contribution is -0.181. The third-order valence-electron chi connectivity index (χ3n) is 3.99. The van der Waals surface area contributed by atoms with Crippen molar-refractivity contribution in [3.63, 3.8) is 0 Å². The highest BCUT2D eigenvalue weighted by atomic mass is 32.1. The van der Waals surface area contributed by atoms with E-state index in [9.17, 15) is 4.79 Å². The van der Waals surface area contributed by atoms with Crippen LogP contribution in [0.25, 0.3) is 4.96 Å². The van der Waals surface area contributed by atoms with E-state index in [0.717, 1.165) is 17.8 Å². The van der Waals surface area contributed by atoms with Crippen molar-refractivity contribution in [3.05, 3.63) is 23.5 Å². The summed E-state index contributed by atoms with van der Waals surface area (Å²) in [5.74, 6) is -0.377. The summed E-state index contributed by atoms with van der Waals surface area (Å²) in [5, 5.41) is 1.87. The van der Waals surface area contributed by atoms with Crippen molar-refractivity contribution in [1.82, 2.24) is 14.3 Å². The second-order valence-corrected chi connectivity index (χ2v) is 5.94. The zero-order valence-electron chi connectivity index (χ0n) is 10.9. The summed E-state index contributed by atoms with van der Waals surface area (Å²) in [6, 6.07) is 0. The highest BCUT2D eigenvalue weighted by Gasteiger charge is 2.41. The van der Waals surface area contributed by atoms with Gasteiger partial charge < -0.3 is 14.4 Å². The molecule has 1 amide bonds. The van der Waals surface area contributed by atoms with Gasteiger partial charge in [-0.05, 0) is 0 Å². The standard InChI is InChI=1S/C13H15N3O3S/c17-11(10-9-20-12-14-3-6-16(10)12)15-4-1-13(2-5-15)18-7-8-19-13/h3,6,9H,1-2,4-5,7-8H2. The number of carbonyl (C=O) groups excluding carboxylic acids is 1. The van der Waals surface area contributed by atoms with Crippen molar-refractivity contribution in [2.75, 3.05) is 26.3 Å². The molecule has 2 saturated heterocycles. The number of imidazole rings is 1. The molecule has 0 N–H and O–H groups in total. The minimum Gasteiger partial charge on any atom is -0.347 e. The lowest BCUT2D eigenvalue weighted by Crippen LogP contribution is -2.47. The van der Waals surface area contributed by atoms with E-state index in [1.54, 1.807) is 6.20 Å². The number of thiazole rings is 1. The van der Waals surface area contributed by atoms with Gasteiger partial charge in [0.25, 0.3) is 5.91 Å². The minimum atomic E-state index is -0.435. The summed E-state index contributed by atoms with van der Waals surface area (Å²) in [5.41, 5.74) is 0.687. The number of carbonyl (C=O) groups is 1.